The zero-order valence-corrected chi connectivity index (χ0v) is 22.7. The van der Waals surface area contributed by atoms with Gasteiger partial charge in [-0.2, -0.15) is 5.10 Å². The molecule has 2 fully saturated rings. The van der Waals surface area contributed by atoms with Gasteiger partial charge in [0.1, 0.15) is 11.3 Å². The minimum absolute atomic E-state index is 0.0266. The van der Waals surface area contributed by atoms with Crippen molar-refractivity contribution < 1.29 is 14.6 Å². The lowest BCUT2D eigenvalue weighted by atomic mass is 9.86. The Labute approximate surface area is 228 Å². The maximum absolute atomic E-state index is 12.1. The van der Waals surface area contributed by atoms with Crippen LogP contribution in [0.2, 0.25) is 0 Å². The summed E-state index contributed by atoms with van der Waals surface area (Å²) in [5, 5.41) is 22.8. The second kappa shape index (κ2) is 10.3. The topological polar surface area (TPSA) is 95.1 Å². The van der Waals surface area contributed by atoms with E-state index in [9.17, 15) is 9.90 Å². The molecule has 2 heterocycles. The van der Waals surface area contributed by atoms with Crippen molar-refractivity contribution in [1.29, 1.82) is 0 Å². The number of hydrogen-bond acceptors (Lipinski definition) is 5. The van der Waals surface area contributed by atoms with E-state index in [4.69, 9.17) is 4.74 Å². The van der Waals surface area contributed by atoms with Gasteiger partial charge in [0, 0.05) is 25.1 Å². The largest absolute Gasteiger partial charge is 0.490 e. The van der Waals surface area contributed by atoms with Crippen LogP contribution in [0.15, 0.2) is 54.9 Å². The third-order valence-electron chi connectivity index (χ3n) is 8.49. The van der Waals surface area contributed by atoms with E-state index in [1.54, 1.807) is 9.36 Å². The maximum atomic E-state index is 12.1. The molecule has 202 valence electrons. The average molecular weight is 526 g/mol. The van der Waals surface area contributed by atoms with Gasteiger partial charge in [-0.3, -0.25) is 4.68 Å². The fraction of sp³-hybridized carbons (Fsp3) is 0.419. The highest BCUT2D eigenvalue weighted by Gasteiger charge is 2.46. The van der Waals surface area contributed by atoms with Gasteiger partial charge in [0.15, 0.2) is 0 Å². The van der Waals surface area contributed by atoms with Crippen LogP contribution in [0.5, 0.6) is 5.75 Å². The summed E-state index contributed by atoms with van der Waals surface area (Å²) < 4.78 is 9.98. The van der Waals surface area contributed by atoms with Gasteiger partial charge in [-0.1, -0.05) is 48.7 Å². The second-order valence-corrected chi connectivity index (χ2v) is 11.1. The number of nitrogens with zero attached hydrogens (tertiary/aromatic N) is 5. The number of carboxylic acid groups (broad SMARTS) is 1. The number of aryl methyl sites for hydroxylation is 1. The summed E-state index contributed by atoms with van der Waals surface area (Å²) in [6.45, 7) is 4.32. The summed E-state index contributed by atoms with van der Waals surface area (Å²) in [7, 11) is 1.84. The van der Waals surface area contributed by atoms with Crippen molar-refractivity contribution in [3.8, 4) is 22.6 Å². The fourth-order valence-electron chi connectivity index (χ4n) is 6.20. The standard InChI is InChI=1S/C31H35N5O3/c1-19-24(13-8-14-29(19)39-20(2)21-9-5-4-6-10-21)22-11-7-12-23(15-22)36-30(27(17-32-36)31(37)38)26-16-25(26)28-18-35(3)34-33-28/h7-8,11-15,17-18,20-21,25-26H,4-6,9-10,16H2,1-3H3,(H,37,38)/t20-,25+,26?/m0/s1. The van der Waals surface area contributed by atoms with Crippen molar-refractivity contribution in [3.05, 3.63) is 77.4 Å². The van der Waals surface area contributed by atoms with Gasteiger partial charge in [0.2, 0.25) is 0 Å². The maximum Gasteiger partial charge on any atom is 0.339 e. The molecule has 0 bridgehead atoms. The first-order valence-corrected chi connectivity index (χ1v) is 13.9. The molecule has 0 amide bonds. The molecule has 6 rings (SSSR count). The Morgan fingerprint density at radius 2 is 1.90 bits per heavy atom. The van der Waals surface area contributed by atoms with Crippen LogP contribution in [0.1, 0.15) is 84.6 Å². The first kappa shape index (κ1) is 25.3. The van der Waals surface area contributed by atoms with E-state index in [0.717, 1.165) is 40.2 Å². The van der Waals surface area contributed by atoms with Crippen LogP contribution < -0.4 is 4.74 Å². The number of rotatable bonds is 8. The molecule has 0 radical (unpaired) electrons. The molecule has 2 aliphatic rings. The summed E-state index contributed by atoms with van der Waals surface area (Å²) in [5.74, 6) is 0.731. The highest BCUT2D eigenvalue weighted by molar-refractivity contribution is 5.89. The van der Waals surface area contributed by atoms with Crippen LogP contribution in [0, 0.1) is 12.8 Å². The van der Waals surface area contributed by atoms with Crippen molar-refractivity contribution in [2.75, 3.05) is 0 Å². The lowest BCUT2D eigenvalue weighted by Gasteiger charge is -2.29. The van der Waals surface area contributed by atoms with Crippen LogP contribution in [-0.4, -0.2) is 42.0 Å². The zero-order chi connectivity index (χ0) is 27.1. The molecule has 0 saturated heterocycles. The van der Waals surface area contributed by atoms with Crippen molar-refractivity contribution in [3.63, 3.8) is 0 Å². The Kier molecular flexibility index (Phi) is 6.71. The minimum Gasteiger partial charge on any atom is -0.490 e. The summed E-state index contributed by atoms with van der Waals surface area (Å²) in [6.07, 6.45) is 10.8. The molecule has 3 atom stereocenters. The van der Waals surface area contributed by atoms with Gasteiger partial charge in [-0.25, -0.2) is 9.48 Å². The van der Waals surface area contributed by atoms with E-state index in [0.29, 0.717) is 11.6 Å². The first-order valence-electron chi connectivity index (χ1n) is 13.9. The van der Waals surface area contributed by atoms with E-state index >= 15 is 0 Å². The monoisotopic (exact) mass is 525 g/mol. The van der Waals surface area contributed by atoms with Gasteiger partial charge in [-0.05, 0) is 73.9 Å². The number of carbonyl (C=O) groups is 1. The quantitative estimate of drug-likeness (QED) is 0.290. The van der Waals surface area contributed by atoms with Gasteiger partial charge >= 0.3 is 5.97 Å². The predicted molar refractivity (Wildman–Crippen MR) is 148 cm³/mol. The highest BCUT2D eigenvalue weighted by Crippen LogP contribution is 2.55. The number of aromatic carboxylic acids is 1. The Bertz CT molecular complexity index is 1500. The molecule has 0 aliphatic heterocycles. The molecular weight excluding hydrogens is 490 g/mol. The van der Waals surface area contributed by atoms with Crippen LogP contribution in [-0.2, 0) is 7.05 Å². The Morgan fingerprint density at radius 3 is 2.64 bits per heavy atom. The average Bonchev–Trinajstić information content (AvgIpc) is 3.39. The third kappa shape index (κ3) is 4.95. The number of ether oxygens (including phenoxy) is 1. The molecular formula is C31H35N5O3. The SMILES string of the molecule is Cc1c(O[C@@H](C)C2CCCCC2)cccc1-c1cccc(-n2ncc(C(=O)O)c2C2C[C@H]2c2cn(C)nn2)c1. The lowest BCUT2D eigenvalue weighted by molar-refractivity contribution is 0.0695. The third-order valence-corrected chi connectivity index (χ3v) is 8.49. The zero-order valence-electron chi connectivity index (χ0n) is 22.7. The van der Waals surface area contributed by atoms with Crippen LogP contribution >= 0.6 is 0 Å². The van der Waals surface area contributed by atoms with Crippen LogP contribution in [0.4, 0.5) is 0 Å². The molecule has 2 aromatic carbocycles. The molecule has 1 N–H and O–H groups in total. The summed E-state index contributed by atoms with van der Waals surface area (Å²) in [5.41, 5.74) is 5.91. The molecule has 2 aromatic heterocycles. The molecule has 1 unspecified atom stereocenters. The van der Waals surface area contributed by atoms with Crippen molar-refractivity contribution in [2.24, 2.45) is 13.0 Å². The fourth-order valence-corrected chi connectivity index (χ4v) is 6.20. The van der Waals surface area contributed by atoms with Crippen molar-refractivity contribution in [2.45, 2.75) is 70.3 Å². The smallest absolute Gasteiger partial charge is 0.339 e. The van der Waals surface area contributed by atoms with Crippen molar-refractivity contribution in [1.82, 2.24) is 24.8 Å². The Morgan fingerprint density at radius 1 is 1.10 bits per heavy atom. The lowest BCUT2D eigenvalue weighted by Crippen LogP contribution is -2.26. The minimum atomic E-state index is -0.968. The Hall–Kier alpha value is -3.94. The van der Waals surface area contributed by atoms with E-state index < -0.39 is 5.97 Å². The highest BCUT2D eigenvalue weighted by atomic mass is 16.5. The van der Waals surface area contributed by atoms with Crippen LogP contribution in [0.3, 0.4) is 0 Å². The van der Waals surface area contributed by atoms with Gasteiger partial charge in [0.25, 0.3) is 0 Å². The molecule has 39 heavy (non-hydrogen) atoms. The number of carboxylic acids is 1. The summed E-state index contributed by atoms with van der Waals surface area (Å²) >= 11 is 0. The first-order chi connectivity index (χ1) is 18.9. The normalized spacial score (nSPS) is 20.1. The van der Waals surface area contributed by atoms with E-state index in [1.807, 2.05) is 25.4 Å². The Balaban J connectivity index is 1.31. The molecule has 8 nitrogen and oxygen atoms in total. The summed E-state index contributed by atoms with van der Waals surface area (Å²) in [4.78, 5) is 12.1. The van der Waals surface area contributed by atoms with Gasteiger partial charge in [-0.15, -0.1) is 5.10 Å². The number of aromatic nitrogens is 5. The second-order valence-electron chi connectivity index (χ2n) is 11.1. The van der Waals surface area contributed by atoms with Crippen LogP contribution in [0.25, 0.3) is 16.8 Å². The molecule has 2 saturated carbocycles. The van der Waals surface area contributed by atoms with Gasteiger partial charge in [0.05, 0.1) is 29.4 Å². The molecule has 4 aromatic rings. The van der Waals surface area contributed by atoms with Crippen molar-refractivity contribution >= 4 is 5.97 Å². The molecule has 8 heteroatoms. The predicted octanol–water partition coefficient (Wildman–Crippen LogP) is 6.29. The van der Waals surface area contributed by atoms with E-state index in [2.05, 4.69) is 59.6 Å². The number of hydrogen-bond donors (Lipinski definition) is 1. The van der Waals surface area contributed by atoms with Gasteiger partial charge < -0.3 is 9.84 Å². The molecule has 0 spiro atoms. The number of benzene rings is 2. The van der Waals surface area contributed by atoms with E-state index in [1.165, 1.54) is 38.3 Å². The summed E-state index contributed by atoms with van der Waals surface area (Å²) in [6, 6.07) is 14.4. The molecule has 2 aliphatic carbocycles. The van der Waals surface area contributed by atoms with E-state index in [-0.39, 0.29) is 23.5 Å².